The molecule has 0 spiro atoms. The van der Waals surface area contributed by atoms with Crippen LogP contribution >= 0.6 is 15.9 Å². The van der Waals surface area contributed by atoms with Crippen molar-refractivity contribution in [1.29, 1.82) is 5.26 Å². The molecule has 5 nitrogen and oxygen atoms in total. The van der Waals surface area contributed by atoms with Gasteiger partial charge in [0.15, 0.2) is 11.5 Å². The highest BCUT2D eigenvalue weighted by atomic mass is 79.9. The maximum absolute atomic E-state index is 12.0. The normalized spacial score (nSPS) is 10.9. The molecule has 1 amide bonds. The lowest BCUT2D eigenvalue weighted by Gasteiger charge is -2.12. The van der Waals surface area contributed by atoms with E-state index in [0.29, 0.717) is 28.1 Å². The van der Waals surface area contributed by atoms with Gasteiger partial charge in [-0.15, -0.1) is 0 Å². The summed E-state index contributed by atoms with van der Waals surface area (Å²) < 4.78 is 11.5. The van der Waals surface area contributed by atoms with E-state index in [9.17, 15) is 10.1 Å². The molecule has 0 aliphatic heterocycles. The van der Waals surface area contributed by atoms with Crippen molar-refractivity contribution in [1.82, 2.24) is 5.32 Å². The predicted molar refractivity (Wildman–Crippen MR) is 93.3 cm³/mol. The monoisotopic (exact) mass is 378 g/mol. The molecular weight excluding hydrogens is 360 g/mol. The van der Waals surface area contributed by atoms with Crippen LogP contribution in [0.25, 0.3) is 6.08 Å². The number of hydrogen-bond acceptors (Lipinski definition) is 4. The Bertz CT molecular complexity index is 661. The summed E-state index contributed by atoms with van der Waals surface area (Å²) in [6.45, 7) is 7.60. The summed E-state index contributed by atoms with van der Waals surface area (Å²) in [5, 5.41) is 11.9. The van der Waals surface area contributed by atoms with Gasteiger partial charge in [0.1, 0.15) is 18.2 Å². The van der Waals surface area contributed by atoms with Crippen LogP contribution < -0.4 is 14.8 Å². The molecule has 0 heterocycles. The van der Waals surface area contributed by atoms with Gasteiger partial charge in [0.05, 0.1) is 11.6 Å². The van der Waals surface area contributed by atoms with Crippen LogP contribution in [0, 0.1) is 11.3 Å². The van der Waals surface area contributed by atoms with Gasteiger partial charge in [-0.2, -0.15) is 5.26 Å². The molecule has 0 fully saturated rings. The van der Waals surface area contributed by atoms with E-state index in [2.05, 4.69) is 27.8 Å². The molecule has 0 aliphatic rings. The first-order valence-electron chi connectivity index (χ1n) is 6.96. The number of methoxy groups -OCH3 is 1. The summed E-state index contributed by atoms with van der Waals surface area (Å²) in [6, 6.07) is 5.31. The van der Waals surface area contributed by atoms with E-state index in [1.54, 1.807) is 18.2 Å². The number of amides is 1. The molecule has 0 aromatic heterocycles. The minimum Gasteiger partial charge on any atom is -0.493 e. The van der Waals surface area contributed by atoms with Gasteiger partial charge in [-0.3, -0.25) is 4.79 Å². The van der Waals surface area contributed by atoms with E-state index < -0.39 is 5.91 Å². The Morgan fingerprint density at radius 2 is 2.22 bits per heavy atom. The van der Waals surface area contributed by atoms with E-state index in [-0.39, 0.29) is 11.6 Å². The minimum absolute atomic E-state index is 0.0208. The number of nitriles is 1. The highest BCUT2D eigenvalue weighted by Crippen LogP contribution is 2.37. The number of hydrogen-bond donors (Lipinski definition) is 1. The van der Waals surface area contributed by atoms with Crippen molar-refractivity contribution < 1.29 is 14.3 Å². The third-order valence-electron chi connectivity index (χ3n) is 2.69. The summed E-state index contributed by atoms with van der Waals surface area (Å²) in [4.78, 5) is 12.0. The molecule has 0 atom stereocenters. The number of benzene rings is 1. The van der Waals surface area contributed by atoms with Gasteiger partial charge in [-0.25, -0.2) is 0 Å². The zero-order valence-corrected chi connectivity index (χ0v) is 14.9. The van der Waals surface area contributed by atoms with Gasteiger partial charge in [-0.1, -0.05) is 12.7 Å². The standard InChI is InChI=1S/C17H19BrN2O3/c1-5-6-23-16-14(18)8-12(9-15(16)22-4)7-13(10-19)17(21)20-11(2)3/h5,7-9,11H,1,6H2,2-4H3,(H,20,21)/b13-7-. The zero-order valence-electron chi connectivity index (χ0n) is 13.4. The van der Waals surface area contributed by atoms with Crippen molar-refractivity contribution in [2.45, 2.75) is 19.9 Å². The molecule has 1 rings (SSSR count). The van der Waals surface area contributed by atoms with Gasteiger partial charge in [0, 0.05) is 6.04 Å². The van der Waals surface area contributed by atoms with Crippen LogP contribution in [0.2, 0.25) is 0 Å². The second kappa shape index (κ2) is 9.01. The highest BCUT2D eigenvalue weighted by molar-refractivity contribution is 9.10. The minimum atomic E-state index is -0.412. The maximum Gasteiger partial charge on any atom is 0.262 e. The lowest BCUT2D eigenvalue weighted by molar-refractivity contribution is -0.117. The fourth-order valence-corrected chi connectivity index (χ4v) is 2.33. The van der Waals surface area contributed by atoms with Crippen molar-refractivity contribution >= 4 is 27.9 Å². The predicted octanol–water partition coefficient (Wildman–Crippen LogP) is 3.45. The molecule has 1 N–H and O–H groups in total. The average Bonchev–Trinajstić information content (AvgIpc) is 2.50. The summed E-state index contributed by atoms with van der Waals surface area (Å²) in [5.41, 5.74) is 0.669. The maximum atomic E-state index is 12.0. The van der Waals surface area contributed by atoms with Crippen molar-refractivity contribution in [3.8, 4) is 17.6 Å². The van der Waals surface area contributed by atoms with Gasteiger partial charge in [-0.05, 0) is 53.5 Å². The molecule has 23 heavy (non-hydrogen) atoms. The molecular formula is C17H19BrN2O3. The number of carbonyl (C=O) groups excluding carboxylic acids is 1. The lowest BCUT2D eigenvalue weighted by atomic mass is 10.1. The van der Waals surface area contributed by atoms with E-state index in [0.717, 1.165) is 0 Å². The molecule has 6 heteroatoms. The summed E-state index contributed by atoms with van der Waals surface area (Å²) in [5.74, 6) is 0.619. The first-order chi connectivity index (χ1) is 10.9. The Kier molecular flexibility index (Phi) is 7.36. The third kappa shape index (κ3) is 5.46. The van der Waals surface area contributed by atoms with Crippen LogP contribution in [0.15, 0.2) is 34.8 Å². The molecule has 0 radical (unpaired) electrons. The first kappa shape index (κ1) is 18.8. The number of ether oxygens (including phenoxy) is 2. The number of carbonyl (C=O) groups is 1. The molecule has 0 aliphatic carbocycles. The molecule has 1 aromatic rings. The summed E-state index contributed by atoms with van der Waals surface area (Å²) in [6.07, 6.45) is 3.13. The molecule has 0 bridgehead atoms. The van der Waals surface area contributed by atoms with E-state index >= 15 is 0 Å². The van der Waals surface area contributed by atoms with E-state index in [1.807, 2.05) is 19.9 Å². The van der Waals surface area contributed by atoms with Crippen LogP contribution in [-0.4, -0.2) is 25.7 Å². The second-order valence-corrected chi connectivity index (χ2v) is 5.79. The van der Waals surface area contributed by atoms with Gasteiger partial charge in [0.2, 0.25) is 0 Å². The van der Waals surface area contributed by atoms with Crippen LogP contribution in [0.4, 0.5) is 0 Å². The van der Waals surface area contributed by atoms with Crippen molar-refractivity contribution in [2.75, 3.05) is 13.7 Å². The molecule has 1 aromatic carbocycles. The fourth-order valence-electron chi connectivity index (χ4n) is 1.76. The van der Waals surface area contributed by atoms with E-state index in [1.165, 1.54) is 13.2 Å². The Balaban J connectivity index is 3.20. The summed E-state index contributed by atoms with van der Waals surface area (Å²) >= 11 is 3.41. The first-order valence-corrected chi connectivity index (χ1v) is 7.76. The topological polar surface area (TPSA) is 71.3 Å². The highest BCUT2D eigenvalue weighted by Gasteiger charge is 2.14. The van der Waals surface area contributed by atoms with Crippen molar-refractivity contribution in [3.63, 3.8) is 0 Å². The lowest BCUT2D eigenvalue weighted by Crippen LogP contribution is -2.30. The van der Waals surface area contributed by atoms with Crippen LogP contribution in [-0.2, 0) is 4.79 Å². The van der Waals surface area contributed by atoms with Gasteiger partial charge < -0.3 is 14.8 Å². The van der Waals surface area contributed by atoms with Gasteiger partial charge >= 0.3 is 0 Å². The van der Waals surface area contributed by atoms with Crippen LogP contribution in [0.5, 0.6) is 11.5 Å². The SMILES string of the molecule is C=CCOc1c(Br)cc(/C=C(/C#N)C(=O)NC(C)C)cc1OC. The molecule has 0 saturated heterocycles. The Morgan fingerprint density at radius 3 is 2.74 bits per heavy atom. The zero-order chi connectivity index (χ0) is 17.4. The largest absolute Gasteiger partial charge is 0.493 e. The van der Waals surface area contributed by atoms with Crippen LogP contribution in [0.1, 0.15) is 19.4 Å². The molecule has 0 saturated carbocycles. The smallest absolute Gasteiger partial charge is 0.262 e. The number of rotatable bonds is 7. The Labute approximate surface area is 144 Å². The Morgan fingerprint density at radius 1 is 1.52 bits per heavy atom. The van der Waals surface area contributed by atoms with E-state index in [4.69, 9.17) is 9.47 Å². The third-order valence-corrected chi connectivity index (χ3v) is 3.28. The quantitative estimate of drug-likeness (QED) is 0.448. The second-order valence-electron chi connectivity index (χ2n) is 4.93. The van der Waals surface area contributed by atoms with Crippen LogP contribution in [0.3, 0.4) is 0 Å². The molecule has 122 valence electrons. The Hall–Kier alpha value is -2.26. The fraction of sp³-hybridized carbons (Fsp3) is 0.294. The number of nitrogens with one attached hydrogen (secondary N) is 1. The summed E-state index contributed by atoms with van der Waals surface area (Å²) in [7, 11) is 1.52. The number of nitrogens with zero attached hydrogens (tertiary/aromatic N) is 1. The van der Waals surface area contributed by atoms with Crippen molar-refractivity contribution in [3.05, 3.63) is 40.4 Å². The van der Waals surface area contributed by atoms with Crippen molar-refractivity contribution in [2.24, 2.45) is 0 Å². The average molecular weight is 379 g/mol. The van der Waals surface area contributed by atoms with Gasteiger partial charge in [0.25, 0.3) is 5.91 Å². The molecule has 0 unspecified atom stereocenters. The number of halogens is 1.